The molecule has 1 fully saturated rings. The first-order chi connectivity index (χ1) is 19.9. The van der Waals surface area contributed by atoms with E-state index in [9.17, 15) is 27.6 Å². The Balaban J connectivity index is 1.87. The number of hydrogen-bond acceptors (Lipinski definition) is 9. The number of esters is 1. The zero-order valence-electron chi connectivity index (χ0n) is 24.5. The van der Waals surface area contributed by atoms with Gasteiger partial charge in [-0.15, -0.1) is 0 Å². The second-order valence-electron chi connectivity index (χ2n) is 10.8. The fourth-order valence-corrected chi connectivity index (χ4v) is 5.29. The number of fused-ring (bicyclic) bond motifs is 2. The summed E-state index contributed by atoms with van der Waals surface area (Å²) in [6, 6.07) is 5.27. The molecule has 3 N–H and O–H groups in total. The van der Waals surface area contributed by atoms with Crippen molar-refractivity contribution in [3.63, 3.8) is 0 Å². The lowest BCUT2D eigenvalue weighted by atomic mass is 9.76. The lowest BCUT2D eigenvalue weighted by molar-refractivity contribution is -0.156. The lowest BCUT2D eigenvalue weighted by Gasteiger charge is -2.32. The average Bonchev–Trinajstić information content (AvgIpc) is 3.76. The van der Waals surface area contributed by atoms with E-state index < -0.39 is 33.8 Å². The minimum atomic E-state index is -3.59. The number of rotatable bonds is 8. The second-order valence-corrected chi connectivity index (χ2v) is 12.6. The zero-order chi connectivity index (χ0) is 30.8. The molecule has 1 aromatic carbocycles. The van der Waals surface area contributed by atoms with Crippen molar-refractivity contribution < 1.29 is 41.8 Å². The summed E-state index contributed by atoms with van der Waals surface area (Å²) >= 11 is 0. The third-order valence-corrected chi connectivity index (χ3v) is 7.88. The van der Waals surface area contributed by atoms with Crippen molar-refractivity contribution in [1.29, 1.82) is 0 Å². The molecule has 1 heterocycles. The van der Waals surface area contributed by atoms with Crippen molar-refractivity contribution >= 4 is 33.7 Å². The van der Waals surface area contributed by atoms with Gasteiger partial charge in [0.1, 0.15) is 0 Å². The van der Waals surface area contributed by atoms with E-state index in [1.54, 1.807) is 19.1 Å². The van der Waals surface area contributed by atoms with Crippen molar-refractivity contribution in [2.45, 2.75) is 45.4 Å². The first-order valence-electron chi connectivity index (χ1n) is 14.2. The number of amides is 3. The van der Waals surface area contributed by atoms with Gasteiger partial charge >= 0.3 is 5.97 Å². The first-order valence-corrected chi connectivity index (χ1v) is 16.1. The van der Waals surface area contributed by atoms with Crippen LogP contribution in [-0.4, -0.2) is 96.3 Å². The molecular formula is C28H42N4O9S. The largest absolute Gasteiger partial charge is 0.493 e. The molecule has 1 saturated carbocycles. The van der Waals surface area contributed by atoms with E-state index in [0.717, 1.165) is 24.7 Å². The number of nitrogens with zero attached hydrogens (tertiary/aromatic N) is 1. The van der Waals surface area contributed by atoms with E-state index in [4.69, 9.17) is 14.2 Å². The Hall–Kier alpha value is -3.39. The molecule has 14 heteroatoms. The summed E-state index contributed by atoms with van der Waals surface area (Å²) in [7, 11) is -2.11. The average molecular weight is 611 g/mol. The van der Waals surface area contributed by atoms with Crippen molar-refractivity contribution in [3.05, 3.63) is 23.8 Å². The number of hydrogen-bond donors (Lipinski definition) is 3. The maximum Gasteiger partial charge on any atom is 0.314 e. The molecule has 234 valence electrons. The molecule has 1 aromatic rings. The summed E-state index contributed by atoms with van der Waals surface area (Å²) in [6.07, 6.45) is 4.16. The van der Waals surface area contributed by atoms with Gasteiger partial charge in [0.05, 0.1) is 31.9 Å². The van der Waals surface area contributed by atoms with Crippen molar-refractivity contribution in [2.75, 3.05) is 59.3 Å². The molecule has 42 heavy (non-hydrogen) atoms. The second kappa shape index (κ2) is 15.2. The normalized spacial score (nSPS) is 21.2. The summed E-state index contributed by atoms with van der Waals surface area (Å²) in [6.45, 7) is 1.62. The summed E-state index contributed by atoms with van der Waals surface area (Å²) in [5.74, 6) is -0.514. The minimum absolute atomic E-state index is 0.0761. The molecule has 3 amide bonds. The molecular weight excluding hydrogens is 568 g/mol. The molecule has 0 aromatic heterocycles. The first kappa shape index (κ1) is 33.1. The van der Waals surface area contributed by atoms with Gasteiger partial charge in [0.15, 0.2) is 18.1 Å². The summed E-state index contributed by atoms with van der Waals surface area (Å²) in [4.78, 5) is 53.0. The predicted molar refractivity (Wildman–Crippen MR) is 153 cm³/mol. The number of ether oxygens (including phenoxy) is 3. The van der Waals surface area contributed by atoms with E-state index in [1.165, 1.54) is 12.0 Å². The van der Waals surface area contributed by atoms with Gasteiger partial charge < -0.3 is 29.7 Å². The smallest absolute Gasteiger partial charge is 0.314 e. The molecule has 1 unspecified atom stereocenters. The minimum Gasteiger partial charge on any atom is -0.493 e. The Morgan fingerprint density at radius 3 is 2.60 bits per heavy atom. The van der Waals surface area contributed by atoms with Crippen LogP contribution in [0, 0.1) is 11.3 Å². The van der Waals surface area contributed by atoms with Crippen LogP contribution in [0.2, 0.25) is 0 Å². The number of carbonyl (C=O) groups is 4. The zero-order valence-corrected chi connectivity index (χ0v) is 25.3. The Kier molecular flexibility index (Phi) is 12.0. The monoisotopic (exact) mass is 610 g/mol. The maximum absolute atomic E-state index is 13.5. The summed E-state index contributed by atoms with van der Waals surface area (Å²) in [5.41, 5.74) is -0.243. The van der Waals surface area contributed by atoms with Gasteiger partial charge in [0.25, 0.3) is 5.91 Å². The highest BCUT2D eigenvalue weighted by Gasteiger charge is 2.44. The quantitative estimate of drug-likeness (QED) is 0.352. The number of nitrogens with one attached hydrogen (secondary N) is 3. The molecule has 2 bridgehead atoms. The number of methoxy groups -OCH3 is 1. The molecule has 1 aliphatic heterocycles. The highest BCUT2D eigenvalue weighted by molar-refractivity contribution is 7.88. The maximum atomic E-state index is 13.5. The predicted octanol–water partition coefficient (Wildman–Crippen LogP) is 0.370. The third-order valence-electron chi connectivity index (χ3n) is 7.21. The molecule has 1 aliphatic carbocycles. The Labute approximate surface area is 247 Å². The molecule has 3 rings (SSSR count). The highest BCUT2D eigenvalue weighted by Crippen LogP contribution is 2.43. The molecule has 2 aliphatic rings. The van der Waals surface area contributed by atoms with Crippen LogP contribution in [0.5, 0.6) is 11.5 Å². The number of carbonyl (C=O) groups excluding carboxylic acids is 4. The van der Waals surface area contributed by atoms with E-state index in [-0.39, 0.29) is 64.1 Å². The number of sulfonamides is 1. The fourth-order valence-electron chi connectivity index (χ4n) is 4.90. The van der Waals surface area contributed by atoms with Gasteiger partial charge in [0.2, 0.25) is 21.8 Å². The van der Waals surface area contributed by atoms with Crippen LogP contribution in [0.3, 0.4) is 0 Å². The van der Waals surface area contributed by atoms with Crippen molar-refractivity contribution in [1.82, 2.24) is 20.3 Å². The van der Waals surface area contributed by atoms with Crippen LogP contribution in [0.25, 0.3) is 0 Å². The fraction of sp³-hybridized carbons (Fsp3) is 0.643. The van der Waals surface area contributed by atoms with Gasteiger partial charge in [-0.25, -0.2) is 13.1 Å². The topological polar surface area (TPSA) is 169 Å². The van der Waals surface area contributed by atoms with Crippen LogP contribution >= 0.6 is 0 Å². The summed E-state index contributed by atoms with van der Waals surface area (Å²) < 4.78 is 41.8. The van der Waals surface area contributed by atoms with E-state index >= 15 is 0 Å². The van der Waals surface area contributed by atoms with Gasteiger partial charge in [-0.05, 0) is 49.8 Å². The molecule has 0 radical (unpaired) electrons. The van der Waals surface area contributed by atoms with E-state index in [2.05, 4.69) is 15.4 Å². The Bertz CT molecular complexity index is 1240. The third kappa shape index (κ3) is 10.5. The standard InChI is InChI=1S/C28H42N4O9S/c1-4-40-27(36)28(15-20-7-8-20)16-21-9-10-22(39-2)23(14-21)41-18-25(34)29-11-13-32(12-5-6-24(33)30-19-28)26(35)17-31-42(3,37)38/h9-10,14,20,31H,4-8,11-13,15-19H2,1-3H3,(H,29,34)(H,30,33). The molecule has 13 nitrogen and oxygen atoms in total. The summed E-state index contributed by atoms with van der Waals surface area (Å²) in [5, 5.41) is 5.62. The van der Waals surface area contributed by atoms with Gasteiger partial charge in [0, 0.05) is 32.6 Å². The van der Waals surface area contributed by atoms with Crippen LogP contribution in [0.1, 0.15) is 44.6 Å². The van der Waals surface area contributed by atoms with Crippen LogP contribution in [0.4, 0.5) is 0 Å². The number of benzene rings is 1. The van der Waals surface area contributed by atoms with Gasteiger partial charge in [-0.1, -0.05) is 18.9 Å². The molecule has 0 saturated heterocycles. The lowest BCUT2D eigenvalue weighted by Crippen LogP contribution is -2.46. The van der Waals surface area contributed by atoms with Crippen LogP contribution < -0.4 is 24.8 Å². The van der Waals surface area contributed by atoms with Crippen molar-refractivity contribution in [2.24, 2.45) is 11.3 Å². The molecule has 1 atom stereocenters. The van der Waals surface area contributed by atoms with Crippen LogP contribution in [-0.2, 0) is 40.4 Å². The van der Waals surface area contributed by atoms with Gasteiger partial charge in [-0.3, -0.25) is 19.2 Å². The Morgan fingerprint density at radius 2 is 1.93 bits per heavy atom. The highest BCUT2D eigenvalue weighted by atomic mass is 32.2. The van der Waals surface area contributed by atoms with Gasteiger partial charge in [-0.2, -0.15) is 0 Å². The Morgan fingerprint density at radius 1 is 1.17 bits per heavy atom. The van der Waals surface area contributed by atoms with E-state index in [1.807, 2.05) is 6.07 Å². The van der Waals surface area contributed by atoms with Crippen molar-refractivity contribution in [3.8, 4) is 11.5 Å². The van der Waals surface area contributed by atoms with E-state index in [0.29, 0.717) is 30.3 Å². The molecule has 0 spiro atoms. The van der Waals surface area contributed by atoms with Crippen LogP contribution in [0.15, 0.2) is 18.2 Å². The SMILES string of the molecule is CCOC(=O)C1(CC2CC2)CNC(=O)CCCN(C(=O)CNS(C)(=O)=O)CCNC(=O)COc2cc(ccc2OC)C1.